The lowest BCUT2D eigenvalue weighted by Crippen LogP contribution is -2.19. The molecule has 32 heavy (non-hydrogen) atoms. The Morgan fingerprint density at radius 1 is 0.969 bits per heavy atom. The fourth-order valence-corrected chi connectivity index (χ4v) is 3.17. The Morgan fingerprint density at radius 3 is 2.53 bits per heavy atom. The molecule has 0 saturated carbocycles. The number of pyridine rings is 1. The number of urea groups is 1. The van der Waals surface area contributed by atoms with Crippen LogP contribution in [0.4, 0.5) is 16.2 Å². The average Bonchev–Trinajstić information content (AvgIpc) is 2.79. The summed E-state index contributed by atoms with van der Waals surface area (Å²) < 4.78 is 12.4. The zero-order chi connectivity index (χ0) is 22.5. The van der Waals surface area contributed by atoms with Gasteiger partial charge in [-0.2, -0.15) is 0 Å². The second-order valence-corrected chi connectivity index (χ2v) is 7.09. The minimum absolute atomic E-state index is 0.154. The van der Waals surface area contributed by atoms with Gasteiger partial charge in [-0.25, -0.2) is 9.78 Å². The van der Waals surface area contributed by atoms with E-state index in [1.165, 1.54) is 10.5 Å². The first kappa shape index (κ1) is 20.9. The standard InChI is InChI=1S/C24H22N4O4/c1-16-5-4-12-28-22(29)14-19(25-23(16)28)15-32-20-10-8-17(9-11-20)26-24(30)27-18-6-3-7-21(13-18)31-2/h3-14H,15H2,1-2H3,(H2,26,27,30). The van der Waals surface area contributed by atoms with Crippen LogP contribution in [0.3, 0.4) is 0 Å². The molecule has 162 valence electrons. The first-order valence-corrected chi connectivity index (χ1v) is 9.95. The summed E-state index contributed by atoms with van der Waals surface area (Å²) in [5.41, 5.74) is 3.14. The molecule has 2 aromatic heterocycles. The number of rotatable bonds is 6. The normalized spacial score (nSPS) is 10.6. The Balaban J connectivity index is 1.37. The number of nitrogens with zero attached hydrogens (tertiary/aromatic N) is 2. The molecule has 0 fully saturated rings. The molecule has 4 aromatic rings. The molecule has 8 heteroatoms. The van der Waals surface area contributed by atoms with E-state index in [1.807, 2.05) is 19.1 Å². The predicted octanol–water partition coefficient (Wildman–Crippen LogP) is 4.23. The summed E-state index contributed by atoms with van der Waals surface area (Å²) in [6, 6.07) is 18.8. The van der Waals surface area contributed by atoms with Crippen LogP contribution < -0.4 is 25.7 Å². The molecule has 4 rings (SSSR count). The van der Waals surface area contributed by atoms with Gasteiger partial charge < -0.3 is 20.1 Å². The van der Waals surface area contributed by atoms with Crippen LogP contribution in [-0.2, 0) is 6.61 Å². The molecule has 8 nitrogen and oxygen atoms in total. The summed E-state index contributed by atoms with van der Waals surface area (Å²) in [5, 5.41) is 5.51. The minimum atomic E-state index is -0.372. The number of carbonyl (C=O) groups excluding carboxylic acids is 1. The molecular formula is C24H22N4O4. The van der Waals surface area contributed by atoms with Crippen LogP contribution in [0.15, 0.2) is 77.7 Å². The van der Waals surface area contributed by atoms with Gasteiger partial charge in [-0.3, -0.25) is 9.20 Å². The highest BCUT2D eigenvalue weighted by molar-refractivity contribution is 5.99. The van der Waals surface area contributed by atoms with Crippen molar-refractivity contribution in [3.8, 4) is 11.5 Å². The molecule has 0 unspecified atom stereocenters. The number of aromatic nitrogens is 2. The second-order valence-electron chi connectivity index (χ2n) is 7.09. The fourth-order valence-electron chi connectivity index (χ4n) is 3.17. The van der Waals surface area contributed by atoms with Crippen molar-refractivity contribution in [1.29, 1.82) is 0 Å². The Bertz CT molecular complexity index is 1320. The molecule has 0 radical (unpaired) electrons. The summed E-state index contributed by atoms with van der Waals surface area (Å²) >= 11 is 0. The highest BCUT2D eigenvalue weighted by atomic mass is 16.5. The Hall–Kier alpha value is -4.33. The third-order valence-electron chi connectivity index (χ3n) is 4.77. The summed E-state index contributed by atoms with van der Waals surface area (Å²) in [6.07, 6.45) is 1.69. The van der Waals surface area contributed by atoms with Crippen molar-refractivity contribution in [2.45, 2.75) is 13.5 Å². The van der Waals surface area contributed by atoms with Gasteiger partial charge in [0.1, 0.15) is 23.8 Å². The number of hydrogen-bond acceptors (Lipinski definition) is 5. The molecule has 0 atom stereocenters. The van der Waals surface area contributed by atoms with Gasteiger partial charge >= 0.3 is 6.03 Å². The van der Waals surface area contributed by atoms with Crippen LogP contribution in [0.1, 0.15) is 11.3 Å². The molecule has 0 aliphatic heterocycles. The van der Waals surface area contributed by atoms with Crippen molar-refractivity contribution in [3.63, 3.8) is 0 Å². The first-order chi connectivity index (χ1) is 15.5. The monoisotopic (exact) mass is 430 g/mol. The van der Waals surface area contributed by atoms with Gasteiger partial charge in [0.15, 0.2) is 0 Å². The fraction of sp³-hybridized carbons (Fsp3) is 0.125. The Morgan fingerprint density at radius 2 is 1.75 bits per heavy atom. The molecule has 0 saturated heterocycles. The van der Waals surface area contributed by atoms with E-state index in [4.69, 9.17) is 9.47 Å². The van der Waals surface area contributed by atoms with E-state index >= 15 is 0 Å². The highest BCUT2D eigenvalue weighted by Gasteiger charge is 2.07. The number of aryl methyl sites for hydroxylation is 1. The molecule has 0 aliphatic carbocycles. The smallest absolute Gasteiger partial charge is 0.323 e. The maximum Gasteiger partial charge on any atom is 0.323 e. The summed E-state index contributed by atoms with van der Waals surface area (Å²) in [5.74, 6) is 1.25. The van der Waals surface area contributed by atoms with Crippen molar-refractivity contribution in [1.82, 2.24) is 9.38 Å². The highest BCUT2D eigenvalue weighted by Crippen LogP contribution is 2.19. The molecule has 0 bridgehead atoms. The number of ether oxygens (including phenoxy) is 2. The third-order valence-corrected chi connectivity index (χ3v) is 4.77. The summed E-state index contributed by atoms with van der Waals surface area (Å²) in [7, 11) is 1.57. The van der Waals surface area contributed by atoms with Crippen molar-refractivity contribution >= 4 is 23.1 Å². The number of fused-ring (bicyclic) bond motifs is 1. The zero-order valence-electron chi connectivity index (χ0n) is 17.7. The summed E-state index contributed by atoms with van der Waals surface area (Å²) in [4.78, 5) is 29.0. The Labute approximate surface area is 184 Å². The van der Waals surface area contributed by atoms with E-state index < -0.39 is 0 Å². The lowest BCUT2D eigenvalue weighted by Gasteiger charge is -2.10. The first-order valence-electron chi connectivity index (χ1n) is 9.95. The maximum atomic E-state index is 12.3. The van der Waals surface area contributed by atoms with Gasteiger partial charge in [-0.1, -0.05) is 12.1 Å². The number of benzene rings is 2. The van der Waals surface area contributed by atoms with E-state index in [-0.39, 0.29) is 18.2 Å². The van der Waals surface area contributed by atoms with Crippen LogP contribution in [0.25, 0.3) is 5.65 Å². The van der Waals surface area contributed by atoms with Crippen LogP contribution in [0, 0.1) is 6.92 Å². The van der Waals surface area contributed by atoms with Gasteiger partial charge in [-0.15, -0.1) is 0 Å². The molecule has 0 spiro atoms. The van der Waals surface area contributed by atoms with Gasteiger partial charge in [0.2, 0.25) is 0 Å². The van der Waals surface area contributed by atoms with Crippen LogP contribution in [-0.4, -0.2) is 22.5 Å². The molecular weight excluding hydrogens is 408 g/mol. The number of methoxy groups -OCH3 is 1. The lowest BCUT2D eigenvalue weighted by atomic mass is 10.3. The van der Waals surface area contributed by atoms with E-state index in [0.29, 0.717) is 34.2 Å². The number of anilines is 2. The number of nitrogens with one attached hydrogen (secondary N) is 2. The van der Waals surface area contributed by atoms with Gasteiger partial charge in [0.05, 0.1) is 12.8 Å². The van der Waals surface area contributed by atoms with E-state index in [0.717, 1.165) is 5.56 Å². The van der Waals surface area contributed by atoms with E-state index in [9.17, 15) is 9.59 Å². The van der Waals surface area contributed by atoms with Crippen LogP contribution >= 0.6 is 0 Å². The van der Waals surface area contributed by atoms with E-state index in [1.54, 1.807) is 61.8 Å². The average molecular weight is 430 g/mol. The Kier molecular flexibility index (Phi) is 6.03. The summed E-state index contributed by atoms with van der Waals surface area (Å²) in [6.45, 7) is 2.06. The van der Waals surface area contributed by atoms with Crippen molar-refractivity contribution in [2.75, 3.05) is 17.7 Å². The maximum absolute atomic E-state index is 12.3. The molecule has 2 heterocycles. The minimum Gasteiger partial charge on any atom is -0.497 e. The molecule has 2 N–H and O–H groups in total. The van der Waals surface area contributed by atoms with Gasteiger partial charge in [-0.05, 0) is 55.0 Å². The van der Waals surface area contributed by atoms with Crippen LogP contribution in [0.2, 0.25) is 0 Å². The largest absolute Gasteiger partial charge is 0.497 e. The van der Waals surface area contributed by atoms with Gasteiger partial charge in [0, 0.05) is 29.7 Å². The zero-order valence-corrected chi connectivity index (χ0v) is 17.7. The molecule has 2 aromatic carbocycles. The van der Waals surface area contributed by atoms with Crippen LogP contribution in [0.5, 0.6) is 11.5 Å². The SMILES string of the molecule is COc1cccc(NC(=O)Nc2ccc(OCc3cc(=O)n4cccc(C)c4n3)cc2)c1. The predicted molar refractivity (Wildman–Crippen MR) is 123 cm³/mol. The number of amides is 2. The van der Waals surface area contributed by atoms with E-state index in [2.05, 4.69) is 15.6 Å². The number of hydrogen-bond donors (Lipinski definition) is 2. The van der Waals surface area contributed by atoms with Crippen molar-refractivity contribution in [2.24, 2.45) is 0 Å². The third kappa shape index (κ3) is 4.86. The molecule has 2 amide bonds. The van der Waals surface area contributed by atoms with Gasteiger partial charge in [0.25, 0.3) is 5.56 Å². The topological polar surface area (TPSA) is 94.0 Å². The second kappa shape index (κ2) is 9.22. The molecule has 0 aliphatic rings. The lowest BCUT2D eigenvalue weighted by molar-refractivity contribution is 0.262. The van der Waals surface area contributed by atoms with Crippen molar-refractivity contribution < 1.29 is 14.3 Å². The quantitative estimate of drug-likeness (QED) is 0.477. The number of carbonyl (C=O) groups is 1. The van der Waals surface area contributed by atoms with Crippen molar-refractivity contribution in [3.05, 3.63) is 94.5 Å².